The zero-order valence-corrected chi connectivity index (χ0v) is 19.1. The fourth-order valence-electron chi connectivity index (χ4n) is 3.89. The number of rotatable bonds is 10. The summed E-state index contributed by atoms with van der Waals surface area (Å²) in [5.74, 6) is 3.43. The third-order valence-corrected chi connectivity index (χ3v) is 5.71. The maximum Gasteiger partial charge on any atom is 0.160 e. The van der Waals surface area contributed by atoms with Crippen LogP contribution in [0.1, 0.15) is 34.6 Å². The van der Waals surface area contributed by atoms with Crippen molar-refractivity contribution in [1.29, 1.82) is 0 Å². The molecule has 3 aromatic carbocycles. The Morgan fingerprint density at radius 1 is 0.613 bits per heavy atom. The first-order valence-corrected chi connectivity index (χ1v) is 10.6. The smallest absolute Gasteiger partial charge is 0.160 e. The van der Waals surface area contributed by atoms with Gasteiger partial charge < -0.3 is 18.9 Å². The number of benzene rings is 3. The molecule has 3 aromatic rings. The van der Waals surface area contributed by atoms with Crippen LogP contribution >= 0.6 is 0 Å². The number of hydrogen-bond acceptors (Lipinski definition) is 4. The first kappa shape index (κ1) is 22.5. The van der Waals surface area contributed by atoms with Crippen molar-refractivity contribution in [2.75, 3.05) is 28.4 Å². The predicted molar refractivity (Wildman–Crippen MR) is 125 cm³/mol. The molecular formula is C27H32O4. The molecule has 0 aliphatic carbocycles. The van der Waals surface area contributed by atoms with E-state index in [1.165, 1.54) is 22.3 Å². The van der Waals surface area contributed by atoms with E-state index in [-0.39, 0.29) is 0 Å². The Kier molecular flexibility index (Phi) is 7.82. The molecule has 0 bridgehead atoms. The number of aryl methyl sites for hydroxylation is 2. The summed E-state index contributed by atoms with van der Waals surface area (Å²) in [5, 5.41) is 0. The van der Waals surface area contributed by atoms with E-state index in [2.05, 4.69) is 55.5 Å². The van der Waals surface area contributed by atoms with Gasteiger partial charge in [-0.05, 0) is 73.1 Å². The quantitative estimate of drug-likeness (QED) is 0.404. The van der Waals surface area contributed by atoms with Crippen LogP contribution in [0.3, 0.4) is 0 Å². The summed E-state index contributed by atoms with van der Waals surface area (Å²) in [7, 11) is 6.67. The minimum atomic E-state index is 0.381. The number of hydrogen-bond donors (Lipinski definition) is 0. The summed E-state index contributed by atoms with van der Waals surface area (Å²) < 4.78 is 21.7. The molecule has 0 fully saturated rings. The van der Waals surface area contributed by atoms with E-state index >= 15 is 0 Å². The number of ether oxygens (including phenoxy) is 4. The summed E-state index contributed by atoms with van der Waals surface area (Å²) in [6.07, 6.45) is 2.90. The van der Waals surface area contributed by atoms with Crippen LogP contribution in [-0.4, -0.2) is 28.4 Å². The summed E-state index contributed by atoms with van der Waals surface area (Å²) in [6.45, 7) is 2.12. The second-order valence-electron chi connectivity index (χ2n) is 7.73. The van der Waals surface area contributed by atoms with E-state index in [0.717, 1.165) is 42.3 Å². The predicted octanol–water partition coefficient (Wildman–Crippen LogP) is 5.99. The van der Waals surface area contributed by atoms with Crippen LogP contribution in [0.15, 0.2) is 60.7 Å². The Balaban J connectivity index is 1.83. The molecule has 0 amide bonds. The van der Waals surface area contributed by atoms with Crippen molar-refractivity contribution in [3.05, 3.63) is 82.9 Å². The third kappa shape index (κ3) is 5.72. The molecule has 0 saturated heterocycles. The molecule has 0 aliphatic rings. The van der Waals surface area contributed by atoms with E-state index in [1.54, 1.807) is 28.4 Å². The van der Waals surface area contributed by atoms with Crippen molar-refractivity contribution in [2.45, 2.75) is 32.1 Å². The first-order chi connectivity index (χ1) is 15.1. The van der Waals surface area contributed by atoms with Gasteiger partial charge in [0.15, 0.2) is 23.0 Å². The van der Waals surface area contributed by atoms with E-state index in [0.29, 0.717) is 5.92 Å². The van der Waals surface area contributed by atoms with Crippen molar-refractivity contribution in [3.8, 4) is 23.0 Å². The lowest BCUT2D eigenvalue weighted by Crippen LogP contribution is -2.06. The fraction of sp³-hybridized carbons (Fsp3) is 0.333. The molecule has 0 aromatic heterocycles. The highest BCUT2D eigenvalue weighted by Crippen LogP contribution is 2.33. The van der Waals surface area contributed by atoms with Crippen LogP contribution in [0.4, 0.5) is 0 Å². The van der Waals surface area contributed by atoms with Gasteiger partial charge in [0.2, 0.25) is 0 Å². The minimum absolute atomic E-state index is 0.381. The minimum Gasteiger partial charge on any atom is -0.493 e. The average molecular weight is 421 g/mol. The standard InChI is InChI=1S/C27H32O4/c1-19-6-11-22(12-7-19)23(16-21-10-15-25(29-3)27(18-21)31-5)13-8-20-9-14-24(28-2)26(17-20)30-4/h6-7,9-12,14-15,17-18,23H,8,13,16H2,1-5H3. The second kappa shape index (κ2) is 10.8. The molecule has 4 nitrogen and oxygen atoms in total. The highest BCUT2D eigenvalue weighted by molar-refractivity contribution is 5.44. The van der Waals surface area contributed by atoms with Gasteiger partial charge in [-0.1, -0.05) is 42.0 Å². The normalized spacial score (nSPS) is 11.6. The Hall–Kier alpha value is -3.14. The molecule has 1 unspecified atom stereocenters. The highest BCUT2D eigenvalue weighted by atomic mass is 16.5. The van der Waals surface area contributed by atoms with Gasteiger partial charge in [0.05, 0.1) is 28.4 Å². The number of methoxy groups -OCH3 is 4. The van der Waals surface area contributed by atoms with Gasteiger partial charge in [0, 0.05) is 0 Å². The summed E-state index contributed by atoms with van der Waals surface area (Å²) >= 11 is 0. The third-order valence-electron chi connectivity index (χ3n) is 5.71. The summed E-state index contributed by atoms with van der Waals surface area (Å²) in [5.41, 5.74) is 5.09. The van der Waals surface area contributed by atoms with Gasteiger partial charge in [-0.2, -0.15) is 0 Å². The Bertz CT molecular complexity index is 979. The van der Waals surface area contributed by atoms with Gasteiger partial charge in [0.1, 0.15) is 0 Å². The van der Waals surface area contributed by atoms with Gasteiger partial charge >= 0.3 is 0 Å². The molecule has 164 valence electrons. The van der Waals surface area contributed by atoms with Crippen molar-refractivity contribution >= 4 is 0 Å². The van der Waals surface area contributed by atoms with Crippen LogP contribution < -0.4 is 18.9 Å². The van der Waals surface area contributed by atoms with Crippen LogP contribution in [0.2, 0.25) is 0 Å². The topological polar surface area (TPSA) is 36.9 Å². The van der Waals surface area contributed by atoms with Crippen LogP contribution in [0.5, 0.6) is 23.0 Å². The Morgan fingerprint density at radius 2 is 1.13 bits per heavy atom. The molecule has 1 atom stereocenters. The van der Waals surface area contributed by atoms with E-state index in [1.807, 2.05) is 12.1 Å². The molecule has 31 heavy (non-hydrogen) atoms. The molecule has 0 radical (unpaired) electrons. The van der Waals surface area contributed by atoms with Crippen molar-refractivity contribution in [2.24, 2.45) is 0 Å². The first-order valence-electron chi connectivity index (χ1n) is 10.6. The maximum absolute atomic E-state index is 5.51. The lowest BCUT2D eigenvalue weighted by atomic mass is 9.86. The van der Waals surface area contributed by atoms with Gasteiger partial charge in [-0.25, -0.2) is 0 Å². The zero-order chi connectivity index (χ0) is 22.2. The largest absolute Gasteiger partial charge is 0.493 e. The van der Waals surface area contributed by atoms with Crippen LogP contribution in [0.25, 0.3) is 0 Å². The van der Waals surface area contributed by atoms with Crippen molar-refractivity contribution in [1.82, 2.24) is 0 Å². The van der Waals surface area contributed by atoms with E-state index < -0.39 is 0 Å². The second-order valence-corrected chi connectivity index (χ2v) is 7.73. The molecule has 4 heteroatoms. The molecule has 0 spiro atoms. The van der Waals surface area contributed by atoms with E-state index in [4.69, 9.17) is 18.9 Å². The molecule has 3 rings (SSSR count). The Labute approximate surface area is 185 Å². The van der Waals surface area contributed by atoms with Gasteiger partial charge in [-0.3, -0.25) is 0 Å². The van der Waals surface area contributed by atoms with Gasteiger partial charge in [-0.15, -0.1) is 0 Å². The van der Waals surface area contributed by atoms with Crippen molar-refractivity contribution in [3.63, 3.8) is 0 Å². The molecule has 0 N–H and O–H groups in total. The monoisotopic (exact) mass is 420 g/mol. The maximum atomic E-state index is 5.51. The summed E-state index contributed by atoms with van der Waals surface area (Å²) in [4.78, 5) is 0. The van der Waals surface area contributed by atoms with Crippen LogP contribution in [-0.2, 0) is 12.8 Å². The Morgan fingerprint density at radius 3 is 1.68 bits per heavy atom. The van der Waals surface area contributed by atoms with E-state index in [9.17, 15) is 0 Å². The SMILES string of the molecule is COc1ccc(CCC(Cc2ccc(OC)c(OC)c2)c2ccc(C)cc2)cc1OC. The lowest BCUT2D eigenvalue weighted by molar-refractivity contribution is 0.354. The summed E-state index contributed by atoms with van der Waals surface area (Å²) in [6, 6.07) is 21.2. The van der Waals surface area contributed by atoms with Crippen molar-refractivity contribution < 1.29 is 18.9 Å². The molecule has 0 saturated carbocycles. The van der Waals surface area contributed by atoms with Gasteiger partial charge in [0.25, 0.3) is 0 Å². The highest BCUT2D eigenvalue weighted by Gasteiger charge is 2.15. The molecular weight excluding hydrogens is 388 g/mol. The lowest BCUT2D eigenvalue weighted by Gasteiger charge is -2.19. The fourth-order valence-corrected chi connectivity index (χ4v) is 3.89. The molecule has 0 heterocycles. The zero-order valence-electron chi connectivity index (χ0n) is 19.1. The average Bonchev–Trinajstić information content (AvgIpc) is 2.81. The molecule has 0 aliphatic heterocycles. The van der Waals surface area contributed by atoms with Crippen LogP contribution in [0, 0.1) is 6.92 Å².